The molecule has 2 heterocycles. The van der Waals surface area contributed by atoms with Crippen molar-refractivity contribution in [3.8, 4) is 0 Å². The van der Waals surface area contributed by atoms with Gasteiger partial charge in [-0.3, -0.25) is 4.40 Å². The van der Waals surface area contributed by atoms with Gasteiger partial charge in [0.2, 0.25) is 0 Å². The van der Waals surface area contributed by atoms with Gasteiger partial charge in [-0.25, -0.2) is 4.98 Å². The largest absolute Gasteiger partial charge is 0.292 e. The van der Waals surface area contributed by atoms with Crippen LogP contribution in [0.4, 0.5) is 0 Å². The summed E-state index contributed by atoms with van der Waals surface area (Å²) in [5, 5.41) is 3.67. The number of nitrogens with zero attached hydrogens (tertiary/aromatic N) is 2. The van der Waals surface area contributed by atoms with Crippen LogP contribution >= 0.6 is 0 Å². The summed E-state index contributed by atoms with van der Waals surface area (Å²) in [7, 11) is 0. The molecule has 192 valence electrons. The molecule has 2 nitrogen and oxygen atoms in total. The number of hydrogen-bond acceptors (Lipinski definition) is 1. The summed E-state index contributed by atoms with van der Waals surface area (Å²) in [5.74, 6) is 0.603. The molecule has 0 aliphatic heterocycles. The van der Waals surface area contributed by atoms with E-state index in [9.17, 15) is 0 Å². The standard InChI is InChI=1S/C36H38N2/c1-22(2)27(8)35(31(23(3)4)19-26(7)28-14-10-9-11-15-28)34-21-37-36-30-17-13-12-16-29(30)32-18-24(5)25(6)20-33(32)38(34)36/h9-23H,8H2,1-7H3/b26-19+,35-31-. The van der Waals surface area contributed by atoms with Gasteiger partial charge in [0.15, 0.2) is 0 Å². The van der Waals surface area contributed by atoms with Crippen LogP contribution in [-0.4, -0.2) is 9.38 Å². The van der Waals surface area contributed by atoms with E-state index in [-0.39, 0.29) is 0 Å². The number of fused-ring (bicyclic) bond motifs is 6. The maximum absolute atomic E-state index is 5.06. The Hall–Kier alpha value is -3.91. The van der Waals surface area contributed by atoms with E-state index in [2.05, 4.69) is 138 Å². The molecule has 2 aromatic heterocycles. The summed E-state index contributed by atoms with van der Waals surface area (Å²) in [4.78, 5) is 5.06. The second kappa shape index (κ2) is 10.1. The third-order valence-electron chi connectivity index (χ3n) is 7.86. The average Bonchev–Trinajstić information content (AvgIpc) is 3.34. The second-order valence-corrected chi connectivity index (χ2v) is 11.2. The normalized spacial score (nSPS) is 13.2. The Labute approximate surface area is 227 Å². The molecule has 0 fully saturated rings. The predicted molar refractivity (Wildman–Crippen MR) is 166 cm³/mol. The van der Waals surface area contributed by atoms with Crippen LogP contribution in [0.15, 0.2) is 96.7 Å². The Morgan fingerprint density at radius 3 is 2.11 bits per heavy atom. The fraction of sp³-hybridized carbons (Fsp3) is 0.250. The van der Waals surface area contributed by atoms with Crippen molar-refractivity contribution in [1.29, 1.82) is 0 Å². The van der Waals surface area contributed by atoms with Crippen molar-refractivity contribution in [2.24, 2.45) is 11.8 Å². The predicted octanol–water partition coefficient (Wildman–Crippen LogP) is 9.98. The minimum absolute atomic E-state index is 0.297. The molecule has 0 bridgehead atoms. The molecule has 5 rings (SSSR count). The molecule has 0 atom stereocenters. The van der Waals surface area contributed by atoms with E-state index in [0.29, 0.717) is 11.8 Å². The van der Waals surface area contributed by atoms with Gasteiger partial charge in [0.25, 0.3) is 0 Å². The molecule has 38 heavy (non-hydrogen) atoms. The van der Waals surface area contributed by atoms with E-state index in [0.717, 1.165) is 16.9 Å². The molecule has 0 N–H and O–H groups in total. The minimum atomic E-state index is 0.297. The Balaban J connectivity index is 1.94. The Bertz CT molecular complexity index is 1740. The van der Waals surface area contributed by atoms with Crippen LogP contribution in [0, 0.1) is 25.7 Å². The topological polar surface area (TPSA) is 17.3 Å². The van der Waals surface area contributed by atoms with Gasteiger partial charge in [-0.15, -0.1) is 0 Å². The molecule has 0 radical (unpaired) electrons. The highest BCUT2D eigenvalue weighted by atomic mass is 15.0. The molecule has 0 unspecified atom stereocenters. The van der Waals surface area contributed by atoms with Crippen molar-refractivity contribution >= 4 is 38.5 Å². The Morgan fingerprint density at radius 1 is 0.816 bits per heavy atom. The fourth-order valence-electron chi connectivity index (χ4n) is 5.41. The molecule has 3 aromatic carbocycles. The fourth-order valence-corrected chi connectivity index (χ4v) is 5.41. The number of pyridine rings is 1. The van der Waals surface area contributed by atoms with Gasteiger partial charge < -0.3 is 0 Å². The first-order valence-corrected chi connectivity index (χ1v) is 13.7. The first-order valence-electron chi connectivity index (χ1n) is 13.7. The first-order chi connectivity index (χ1) is 18.2. The second-order valence-electron chi connectivity index (χ2n) is 11.2. The first kappa shape index (κ1) is 25.7. The lowest BCUT2D eigenvalue weighted by molar-refractivity contribution is 0.771. The van der Waals surface area contributed by atoms with Crippen LogP contribution in [0.1, 0.15) is 57.0 Å². The lowest BCUT2D eigenvalue weighted by atomic mass is 9.85. The number of allylic oxidation sites excluding steroid dienone is 5. The summed E-state index contributed by atoms with van der Waals surface area (Å²) < 4.78 is 2.38. The Kier molecular flexibility index (Phi) is 6.84. The summed E-state index contributed by atoms with van der Waals surface area (Å²) in [6, 6.07) is 23.9. The summed E-state index contributed by atoms with van der Waals surface area (Å²) in [6.07, 6.45) is 4.42. The molecule has 0 spiro atoms. The average molecular weight is 499 g/mol. The van der Waals surface area contributed by atoms with Gasteiger partial charge in [-0.1, -0.05) is 94.9 Å². The van der Waals surface area contributed by atoms with E-state index in [1.807, 2.05) is 0 Å². The van der Waals surface area contributed by atoms with E-state index in [1.54, 1.807) is 0 Å². The van der Waals surface area contributed by atoms with Gasteiger partial charge in [0.05, 0.1) is 17.4 Å². The number of imidazole rings is 1. The minimum Gasteiger partial charge on any atom is -0.292 e. The monoisotopic (exact) mass is 498 g/mol. The van der Waals surface area contributed by atoms with E-state index < -0.39 is 0 Å². The highest BCUT2D eigenvalue weighted by molar-refractivity contribution is 6.12. The lowest BCUT2D eigenvalue weighted by Crippen LogP contribution is -2.07. The van der Waals surface area contributed by atoms with Crippen LogP contribution in [0.2, 0.25) is 0 Å². The van der Waals surface area contributed by atoms with Gasteiger partial charge in [0.1, 0.15) is 5.65 Å². The summed E-state index contributed by atoms with van der Waals surface area (Å²) >= 11 is 0. The highest BCUT2D eigenvalue weighted by Gasteiger charge is 2.22. The zero-order chi connectivity index (χ0) is 27.1. The SMILES string of the molecule is C=C(/C(=C(\C=C(/C)c1ccccc1)C(C)C)c1cnc2c3ccccc3c3cc(C)c(C)cc3n12)C(C)C. The summed E-state index contributed by atoms with van der Waals surface area (Å²) in [5.41, 5.74) is 12.0. The number of hydrogen-bond donors (Lipinski definition) is 0. The molecule has 0 saturated heterocycles. The van der Waals surface area contributed by atoms with Crippen LogP contribution in [0.3, 0.4) is 0 Å². The van der Waals surface area contributed by atoms with E-state index in [4.69, 9.17) is 4.98 Å². The number of rotatable bonds is 6. The van der Waals surface area contributed by atoms with Crippen molar-refractivity contribution in [3.63, 3.8) is 0 Å². The lowest BCUT2D eigenvalue weighted by Gasteiger charge is -2.22. The molecular formula is C36H38N2. The van der Waals surface area contributed by atoms with E-state index >= 15 is 0 Å². The van der Waals surface area contributed by atoms with Gasteiger partial charge in [-0.05, 0) is 83.5 Å². The van der Waals surface area contributed by atoms with Crippen molar-refractivity contribution in [3.05, 3.63) is 119 Å². The van der Waals surface area contributed by atoms with Gasteiger partial charge >= 0.3 is 0 Å². The van der Waals surface area contributed by atoms with Crippen molar-refractivity contribution in [2.45, 2.75) is 48.5 Å². The quantitative estimate of drug-likeness (QED) is 0.168. The zero-order valence-electron chi connectivity index (χ0n) is 23.8. The van der Waals surface area contributed by atoms with Crippen molar-refractivity contribution in [2.75, 3.05) is 0 Å². The summed E-state index contributed by atoms with van der Waals surface area (Å²) in [6.45, 7) is 20.3. The smallest absolute Gasteiger partial charge is 0.145 e. The molecule has 0 aliphatic carbocycles. The van der Waals surface area contributed by atoms with Crippen molar-refractivity contribution < 1.29 is 0 Å². The maximum atomic E-state index is 5.06. The third-order valence-corrected chi connectivity index (χ3v) is 7.86. The zero-order valence-corrected chi connectivity index (χ0v) is 23.8. The van der Waals surface area contributed by atoms with Crippen LogP contribution < -0.4 is 0 Å². The number of aromatic nitrogens is 2. The molecule has 0 saturated carbocycles. The maximum Gasteiger partial charge on any atom is 0.145 e. The van der Waals surface area contributed by atoms with Gasteiger partial charge in [-0.2, -0.15) is 0 Å². The Morgan fingerprint density at radius 2 is 1.45 bits per heavy atom. The van der Waals surface area contributed by atoms with E-state index in [1.165, 1.54) is 55.1 Å². The molecule has 0 aliphatic rings. The molecular weight excluding hydrogens is 460 g/mol. The highest BCUT2D eigenvalue weighted by Crippen LogP contribution is 2.39. The third kappa shape index (κ3) is 4.39. The molecule has 0 amide bonds. The van der Waals surface area contributed by atoms with Crippen LogP contribution in [0.25, 0.3) is 38.5 Å². The number of aryl methyl sites for hydroxylation is 2. The van der Waals surface area contributed by atoms with Crippen LogP contribution in [-0.2, 0) is 0 Å². The van der Waals surface area contributed by atoms with Gasteiger partial charge in [0, 0.05) is 16.3 Å². The van der Waals surface area contributed by atoms with Crippen LogP contribution in [0.5, 0.6) is 0 Å². The number of benzene rings is 3. The van der Waals surface area contributed by atoms with Crippen molar-refractivity contribution in [1.82, 2.24) is 9.38 Å². The molecule has 2 heteroatoms. The molecule has 5 aromatic rings.